The average molecular weight is 336 g/mol. The lowest BCUT2D eigenvalue weighted by Gasteiger charge is -2.66. The molecule has 136 valence electrons. The highest BCUT2D eigenvalue weighted by Gasteiger charge is 2.73. The maximum atomic E-state index is 13.2. The van der Waals surface area contributed by atoms with E-state index in [1.807, 2.05) is 6.92 Å². The fourth-order valence-corrected chi connectivity index (χ4v) is 7.70. The van der Waals surface area contributed by atoms with E-state index in [0.717, 1.165) is 12.8 Å². The highest BCUT2D eigenvalue weighted by molar-refractivity contribution is 5.91. The predicted molar refractivity (Wildman–Crippen MR) is 90.1 cm³/mol. The molecule has 4 heteroatoms. The SMILES string of the molecule is C[C@H]1C(=O)[C@]23C[C@@H]1C[C@H](O)[C@H]2[C@]1(C)CC[C@@H](O)C(C)(C)C1C[C@H]3O. The van der Waals surface area contributed by atoms with E-state index in [-0.39, 0.29) is 46.4 Å². The van der Waals surface area contributed by atoms with Crippen molar-refractivity contribution in [3.63, 3.8) is 0 Å². The van der Waals surface area contributed by atoms with Gasteiger partial charge in [0, 0.05) is 11.8 Å². The largest absolute Gasteiger partial charge is 0.393 e. The molecule has 0 radical (unpaired) electrons. The van der Waals surface area contributed by atoms with Crippen LogP contribution >= 0.6 is 0 Å². The third kappa shape index (κ3) is 1.73. The quantitative estimate of drug-likeness (QED) is 0.633. The smallest absolute Gasteiger partial charge is 0.145 e. The van der Waals surface area contributed by atoms with Crippen LogP contribution < -0.4 is 0 Å². The van der Waals surface area contributed by atoms with Crippen molar-refractivity contribution in [3.05, 3.63) is 0 Å². The van der Waals surface area contributed by atoms with Gasteiger partial charge in [-0.05, 0) is 54.8 Å². The zero-order chi connectivity index (χ0) is 17.7. The van der Waals surface area contributed by atoms with Gasteiger partial charge in [-0.15, -0.1) is 0 Å². The zero-order valence-electron chi connectivity index (χ0n) is 15.3. The second-order valence-electron chi connectivity index (χ2n) is 10.1. The van der Waals surface area contributed by atoms with E-state index in [2.05, 4.69) is 20.8 Å². The monoisotopic (exact) mass is 336 g/mol. The number of fused-ring (bicyclic) bond motifs is 3. The van der Waals surface area contributed by atoms with Crippen LogP contribution in [0.15, 0.2) is 0 Å². The van der Waals surface area contributed by atoms with Crippen molar-refractivity contribution in [1.29, 1.82) is 0 Å². The van der Waals surface area contributed by atoms with Gasteiger partial charge < -0.3 is 15.3 Å². The van der Waals surface area contributed by atoms with E-state index in [1.54, 1.807) is 0 Å². The minimum absolute atomic E-state index is 0.0540. The molecule has 24 heavy (non-hydrogen) atoms. The Morgan fingerprint density at radius 2 is 1.71 bits per heavy atom. The molecule has 0 heterocycles. The molecule has 4 rings (SSSR count). The molecule has 0 aromatic heterocycles. The molecule has 0 saturated heterocycles. The Morgan fingerprint density at radius 3 is 2.38 bits per heavy atom. The van der Waals surface area contributed by atoms with E-state index >= 15 is 0 Å². The van der Waals surface area contributed by atoms with E-state index in [9.17, 15) is 20.1 Å². The van der Waals surface area contributed by atoms with E-state index in [4.69, 9.17) is 0 Å². The molecular formula is C20H32O4. The Balaban J connectivity index is 1.86. The van der Waals surface area contributed by atoms with Crippen LogP contribution in [-0.2, 0) is 4.79 Å². The molecule has 4 fully saturated rings. The number of rotatable bonds is 0. The summed E-state index contributed by atoms with van der Waals surface area (Å²) in [6.07, 6.45) is 1.91. The summed E-state index contributed by atoms with van der Waals surface area (Å²) >= 11 is 0. The van der Waals surface area contributed by atoms with Crippen LogP contribution in [0, 0.1) is 39.9 Å². The van der Waals surface area contributed by atoms with Gasteiger partial charge in [0.05, 0.1) is 23.7 Å². The van der Waals surface area contributed by atoms with Gasteiger partial charge in [0.25, 0.3) is 0 Å². The summed E-state index contributed by atoms with van der Waals surface area (Å²) in [6.45, 7) is 8.36. The van der Waals surface area contributed by atoms with Crippen molar-refractivity contribution in [3.8, 4) is 0 Å². The summed E-state index contributed by atoms with van der Waals surface area (Å²) in [5.41, 5.74) is -1.27. The minimum Gasteiger partial charge on any atom is -0.393 e. The molecule has 9 atom stereocenters. The van der Waals surface area contributed by atoms with Gasteiger partial charge >= 0.3 is 0 Å². The fourth-order valence-electron chi connectivity index (χ4n) is 7.70. The Labute approximate surface area is 144 Å². The Bertz CT molecular complexity index is 572. The van der Waals surface area contributed by atoms with Crippen LogP contribution in [-0.4, -0.2) is 39.4 Å². The molecule has 4 aliphatic rings. The van der Waals surface area contributed by atoms with Gasteiger partial charge in [-0.2, -0.15) is 0 Å². The van der Waals surface area contributed by atoms with Crippen molar-refractivity contribution in [2.75, 3.05) is 0 Å². The first-order chi connectivity index (χ1) is 11.1. The highest BCUT2D eigenvalue weighted by Crippen LogP contribution is 2.71. The Morgan fingerprint density at radius 1 is 1.04 bits per heavy atom. The van der Waals surface area contributed by atoms with Crippen molar-refractivity contribution >= 4 is 5.78 Å². The molecule has 1 spiro atoms. The molecule has 4 nitrogen and oxygen atoms in total. The number of aliphatic hydroxyl groups excluding tert-OH is 3. The molecule has 4 saturated carbocycles. The second-order valence-corrected chi connectivity index (χ2v) is 10.1. The molecule has 0 aliphatic heterocycles. The molecule has 1 unspecified atom stereocenters. The van der Waals surface area contributed by atoms with Crippen LogP contribution in [0.3, 0.4) is 0 Å². The first kappa shape index (κ1) is 17.0. The van der Waals surface area contributed by atoms with Crippen LogP contribution in [0.2, 0.25) is 0 Å². The van der Waals surface area contributed by atoms with Crippen LogP contribution in [0.5, 0.6) is 0 Å². The standard InChI is InChI=1S/C20H32O4/c1-10-11-7-12(21)16-19(4)6-5-14(22)18(2,3)13(19)8-15(23)20(16,9-11)17(10)24/h10-16,21-23H,5-9H2,1-4H3/t10-,11+,12+,13?,14-,15-,16+,19-,20+/m1/s1. The topological polar surface area (TPSA) is 77.8 Å². The minimum atomic E-state index is -0.759. The van der Waals surface area contributed by atoms with Crippen molar-refractivity contribution < 1.29 is 20.1 Å². The van der Waals surface area contributed by atoms with Gasteiger partial charge in [-0.25, -0.2) is 0 Å². The Kier molecular flexibility index (Phi) is 3.42. The third-order valence-electron chi connectivity index (χ3n) is 8.94. The number of aliphatic hydroxyl groups is 3. The first-order valence-electron chi connectivity index (χ1n) is 9.65. The van der Waals surface area contributed by atoms with Gasteiger partial charge in [-0.1, -0.05) is 27.7 Å². The molecule has 0 aromatic rings. The highest BCUT2D eigenvalue weighted by atomic mass is 16.3. The second kappa shape index (κ2) is 4.83. The van der Waals surface area contributed by atoms with Gasteiger partial charge in [0.2, 0.25) is 0 Å². The normalized spacial score (nSPS) is 59.0. The molecule has 4 aliphatic carbocycles. The van der Waals surface area contributed by atoms with Gasteiger partial charge in [0.15, 0.2) is 0 Å². The maximum Gasteiger partial charge on any atom is 0.145 e. The molecule has 0 aromatic carbocycles. The first-order valence-corrected chi connectivity index (χ1v) is 9.65. The van der Waals surface area contributed by atoms with Gasteiger partial charge in [-0.3, -0.25) is 4.79 Å². The van der Waals surface area contributed by atoms with Crippen molar-refractivity contribution in [2.45, 2.75) is 78.1 Å². The summed E-state index contributed by atoms with van der Waals surface area (Å²) < 4.78 is 0. The number of Topliss-reactive ketones (excluding diaryl/α,β-unsaturated/α-hetero) is 1. The van der Waals surface area contributed by atoms with Crippen LogP contribution in [0.25, 0.3) is 0 Å². The number of hydrogen-bond acceptors (Lipinski definition) is 4. The number of hydrogen-bond donors (Lipinski definition) is 3. The molecule has 3 N–H and O–H groups in total. The summed E-state index contributed by atoms with van der Waals surface area (Å²) in [5, 5.41) is 32.7. The van der Waals surface area contributed by atoms with Crippen LogP contribution in [0.1, 0.15) is 59.8 Å². The molecular weight excluding hydrogens is 304 g/mol. The fraction of sp³-hybridized carbons (Fsp3) is 0.950. The maximum absolute atomic E-state index is 13.2. The third-order valence-corrected chi connectivity index (χ3v) is 8.94. The number of carbonyl (C=O) groups is 1. The van der Waals surface area contributed by atoms with Crippen molar-refractivity contribution in [1.82, 2.24) is 0 Å². The van der Waals surface area contributed by atoms with Crippen LogP contribution in [0.4, 0.5) is 0 Å². The molecule has 2 bridgehead atoms. The lowest BCUT2D eigenvalue weighted by atomic mass is 9.39. The zero-order valence-corrected chi connectivity index (χ0v) is 15.3. The summed E-state index contributed by atoms with van der Waals surface area (Å²) in [5.74, 6) is 0.279. The number of carbonyl (C=O) groups excluding carboxylic acids is 1. The van der Waals surface area contributed by atoms with Gasteiger partial charge in [0.1, 0.15) is 5.78 Å². The van der Waals surface area contributed by atoms with E-state index < -0.39 is 17.6 Å². The summed E-state index contributed by atoms with van der Waals surface area (Å²) in [4.78, 5) is 13.2. The van der Waals surface area contributed by atoms with Crippen molar-refractivity contribution in [2.24, 2.45) is 39.9 Å². The molecule has 0 amide bonds. The van der Waals surface area contributed by atoms with E-state index in [0.29, 0.717) is 19.3 Å². The van der Waals surface area contributed by atoms with E-state index in [1.165, 1.54) is 0 Å². The average Bonchev–Trinajstić information content (AvgIpc) is 2.70. The Hall–Kier alpha value is -0.450. The summed E-state index contributed by atoms with van der Waals surface area (Å²) in [6, 6.07) is 0. The predicted octanol–water partition coefficient (Wildman–Crippen LogP) is 2.15. The lowest BCUT2D eigenvalue weighted by Crippen LogP contribution is -2.67. The lowest BCUT2D eigenvalue weighted by molar-refractivity contribution is -0.238. The summed E-state index contributed by atoms with van der Waals surface area (Å²) in [7, 11) is 0. The number of ketones is 1.